The van der Waals surface area contributed by atoms with E-state index >= 15 is 0 Å². The van der Waals surface area contributed by atoms with Crippen LogP contribution in [0.25, 0.3) is 27.8 Å². The van der Waals surface area contributed by atoms with Gasteiger partial charge in [-0.1, -0.05) is 48.0 Å². The van der Waals surface area contributed by atoms with Crippen molar-refractivity contribution in [3.63, 3.8) is 0 Å². The van der Waals surface area contributed by atoms with Gasteiger partial charge in [-0.2, -0.15) is 5.10 Å². The van der Waals surface area contributed by atoms with Crippen molar-refractivity contribution >= 4 is 23.0 Å². The molecule has 0 aliphatic heterocycles. The molecule has 0 saturated heterocycles. The number of phenols is 1. The van der Waals surface area contributed by atoms with Gasteiger partial charge in [-0.3, -0.25) is 9.67 Å². The Kier molecular flexibility index (Phi) is 3.66. The van der Waals surface area contributed by atoms with Crippen molar-refractivity contribution in [1.82, 2.24) is 14.8 Å². The number of aryl methyl sites for hydroxylation is 2. The van der Waals surface area contributed by atoms with Gasteiger partial charge in [-0.05, 0) is 43.8 Å². The van der Waals surface area contributed by atoms with Gasteiger partial charge >= 0.3 is 0 Å². The summed E-state index contributed by atoms with van der Waals surface area (Å²) < 4.78 is 2.44. The summed E-state index contributed by atoms with van der Waals surface area (Å²) in [5.74, 6) is 1.01. The van der Waals surface area contributed by atoms with E-state index < -0.39 is 0 Å². The van der Waals surface area contributed by atoms with Crippen molar-refractivity contribution in [1.29, 1.82) is 0 Å². The Balaban J connectivity index is 2.04. The third-order valence-electron chi connectivity index (χ3n) is 4.41. The summed E-state index contributed by atoms with van der Waals surface area (Å²) in [5, 5.41) is 19.2. The van der Waals surface area contributed by atoms with Gasteiger partial charge in [0.2, 0.25) is 0 Å². The third kappa shape index (κ3) is 2.53. The average molecular weight is 347 g/mol. The number of benzene rings is 3. The fourth-order valence-electron chi connectivity index (χ4n) is 3.23. The zero-order chi connectivity index (χ0) is 17.6. The van der Waals surface area contributed by atoms with Gasteiger partial charge in [0, 0.05) is 16.3 Å². The van der Waals surface area contributed by atoms with Gasteiger partial charge in [-0.15, -0.1) is 0 Å². The Labute approximate surface area is 150 Å². The summed E-state index contributed by atoms with van der Waals surface area (Å²) in [5.41, 5.74) is 4.26. The van der Waals surface area contributed by atoms with Crippen LogP contribution in [0.1, 0.15) is 11.1 Å². The second-order valence-electron chi connectivity index (χ2n) is 6.16. The molecule has 0 saturated carbocycles. The van der Waals surface area contributed by atoms with Crippen molar-refractivity contribution in [3.8, 4) is 22.8 Å². The van der Waals surface area contributed by atoms with Crippen LogP contribution in [0.4, 0.5) is 0 Å². The summed E-state index contributed by atoms with van der Waals surface area (Å²) in [7, 11) is 0. The SMILES string of the molecule is Cc1ccc(-c2n[nH]c(=S)n2-c2ccc(O)c3ccccc23)c(C)c1. The summed E-state index contributed by atoms with van der Waals surface area (Å²) in [6.07, 6.45) is 0. The standard InChI is InChI=1S/C20H17N3OS/c1-12-7-8-14(13(2)11-12)19-21-22-20(25)23(19)17-9-10-18(24)16-6-4-3-5-15(16)17/h3-11,24H,1-2H3,(H,22,25). The number of nitrogens with one attached hydrogen (secondary N) is 1. The minimum atomic E-state index is 0.252. The highest BCUT2D eigenvalue weighted by atomic mass is 32.1. The lowest BCUT2D eigenvalue weighted by molar-refractivity contribution is 0.481. The zero-order valence-electron chi connectivity index (χ0n) is 13.9. The van der Waals surface area contributed by atoms with Crippen molar-refractivity contribution in [2.45, 2.75) is 13.8 Å². The first-order valence-corrected chi connectivity index (χ1v) is 8.43. The first kappa shape index (κ1) is 15.6. The van der Waals surface area contributed by atoms with E-state index in [1.165, 1.54) is 5.56 Å². The molecule has 3 aromatic carbocycles. The van der Waals surface area contributed by atoms with Gasteiger partial charge < -0.3 is 5.11 Å². The lowest BCUT2D eigenvalue weighted by Gasteiger charge is -2.13. The zero-order valence-corrected chi connectivity index (χ0v) is 14.8. The normalized spacial score (nSPS) is 11.1. The van der Waals surface area contributed by atoms with Crippen LogP contribution in [0.5, 0.6) is 5.75 Å². The molecule has 0 amide bonds. The van der Waals surface area contributed by atoms with E-state index in [1.54, 1.807) is 6.07 Å². The molecule has 0 bridgehead atoms. The smallest absolute Gasteiger partial charge is 0.200 e. The Hall–Kier alpha value is -2.92. The first-order valence-electron chi connectivity index (χ1n) is 8.02. The van der Waals surface area contributed by atoms with Crippen LogP contribution in [0.3, 0.4) is 0 Å². The number of aromatic nitrogens is 3. The summed E-state index contributed by atoms with van der Waals surface area (Å²) in [6.45, 7) is 4.14. The van der Waals surface area contributed by atoms with Gasteiger partial charge in [-0.25, -0.2) is 0 Å². The fourth-order valence-corrected chi connectivity index (χ4v) is 3.46. The molecule has 1 aromatic heterocycles. The van der Waals surface area contributed by atoms with Crippen molar-refractivity contribution in [2.75, 3.05) is 0 Å². The number of rotatable bonds is 2. The highest BCUT2D eigenvalue weighted by molar-refractivity contribution is 7.71. The van der Waals surface area contributed by atoms with Crippen LogP contribution in [0, 0.1) is 18.6 Å². The molecule has 1 heterocycles. The van der Waals surface area contributed by atoms with E-state index in [-0.39, 0.29) is 5.75 Å². The number of hydrogen-bond donors (Lipinski definition) is 2. The molecule has 25 heavy (non-hydrogen) atoms. The number of fused-ring (bicyclic) bond motifs is 1. The van der Waals surface area contributed by atoms with Crippen LogP contribution in [-0.2, 0) is 0 Å². The van der Waals surface area contributed by atoms with Crippen LogP contribution in [-0.4, -0.2) is 19.9 Å². The molecule has 0 spiro atoms. The number of phenolic OH excluding ortho intramolecular Hbond substituents is 1. The molecule has 0 fully saturated rings. The summed E-state index contributed by atoms with van der Waals surface area (Å²) >= 11 is 5.50. The Morgan fingerprint density at radius 3 is 2.52 bits per heavy atom. The first-order chi connectivity index (χ1) is 12.1. The molecular weight excluding hydrogens is 330 g/mol. The van der Waals surface area contributed by atoms with E-state index in [0.29, 0.717) is 4.77 Å². The Morgan fingerprint density at radius 1 is 1.00 bits per heavy atom. The second-order valence-corrected chi connectivity index (χ2v) is 6.54. The van der Waals surface area contributed by atoms with Gasteiger partial charge in [0.05, 0.1) is 5.69 Å². The monoisotopic (exact) mass is 347 g/mol. The number of nitrogens with zero attached hydrogens (tertiary/aromatic N) is 2. The predicted molar refractivity (Wildman–Crippen MR) is 103 cm³/mol. The Bertz CT molecular complexity index is 1160. The lowest BCUT2D eigenvalue weighted by atomic mass is 10.0. The molecule has 5 heteroatoms. The molecule has 4 aromatic rings. The highest BCUT2D eigenvalue weighted by Gasteiger charge is 2.15. The maximum Gasteiger partial charge on any atom is 0.200 e. The molecule has 2 N–H and O–H groups in total. The average Bonchev–Trinajstić information content (AvgIpc) is 2.97. The maximum absolute atomic E-state index is 10.2. The third-order valence-corrected chi connectivity index (χ3v) is 4.69. The van der Waals surface area contributed by atoms with E-state index in [1.807, 2.05) is 34.9 Å². The topological polar surface area (TPSA) is 53.8 Å². The molecule has 4 rings (SSSR count). The van der Waals surface area contributed by atoms with Gasteiger partial charge in [0.1, 0.15) is 5.75 Å². The Morgan fingerprint density at radius 2 is 1.76 bits per heavy atom. The van der Waals surface area contributed by atoms with E-state index in [0.717, 1.165) is 33.4 Å². The quantitative estimate of drug-likeness (QED) is 0.498. The number of H-pyrrole nitrogens is 1. The summed E-state index contributed by atoms with van der Waals surface area (Å²) in [4.78, 5) is 0. The number of aromatic hydroxyl groups is 1. The largest absolute Gasteiger partial charge is 0.507 e. The number of aromatic amines is 1. The molecule has 0 atom stereocenters. The highest BCUT2D eigenvalue weighted by Crippen LogP contribution is 2.33. The van der Waals surface area contributed by atoms with Gasteiger partial charge in [0.15, 0.2) is 10.6 Å². The predicted octanol–water partition coefficient (Wildman–Crippen LogP) is 5.07. The van der Waals surface area contributed by atoms with Gasteiger partial charge in [0.25, 0.3) is 0 Å². The second kappa shape index (κ2) is 5.86. The molecule has 124 valence electrons. The molecule has 0 radical (unpaired) electrons. The van der Waals surface area contributed by atoms with Crippen molar-refractivity contribution in [2.24, 2.45) is 0 Å². The van der Waals surface area contributed by atoms with Crippen molar-refractivity contribution < 1.29 is 5.11 Å². The minimum Gasteiger partial charge on any atom is -0.507 e. The lowest BCUT2D eigenvalue weighted by Crippen LogP contribution is -2.00. The van der Waals surface area contributed by atoms with Crippen LogP contribution >= 0.6 is 12.2 Å². The van der Waals surface area contributed by atoms with Crippen molar-refractivity contribution in [3.05, 3.63) is 70.5 Å². The van der Waals surface area contributed by atoms with Crippen LogP contribution in [0.2, 0.25) is 0 Å². The fraction of sp³-hybridized carbons (Fsp3) is 0.100. The van der Waals surface area contributed by atoms with E-state index in [2.05, 4.69) is 42.2 Å². The van der Waals surface area contributed by atoms with E-state index in [9.17, 15) is 5.11 Å². The summed E-state index contributed by atoms with van der Waals surface area (Å²) in [6, 6.07) is 17.6. The molecule has 4 nitrogen and oxygen atoms in total. The number of hydrogen-bond acceptors (Lipinski definition) is 3. The van der Waals surface area contributed by atoms with Crippen LogP contribution < -0.4 is 0 Å². The molecular formula is C20H17N3OS. The molecule has 0 unspecified atom stereocenters. The minimum absolute atomic E-state index is 0.252. The van der Waals surface area contributed by atoms with Crippen LogP contribution in [0.15, 0.2) is 54.6 Å². The molecule has 0 aliphatic carbocycles. The maximum atomic E-state index is 10.2. The molecule has 0 aliphatic rings. The van der Waals surface area contributed by atoms with E-state index in [4.69, 9.17) is 12.2 Å².